The van der Waals surface area contributed by atoms with Crippen molar-refractivity contribution in [3.8, 4) is 11.4 Å². The molecule has 0 aliphatic heterocycles. The van der Waals surface area contributed by atoms with Crippen LogP contribution in [0.5, 0.6) is 0 Å². The molecule has 7 heteroatoms. The molecule has 6 nitrogen and oxygen atoms in total. The number of rotatable bonds is 7. The highest BCUT2D eigenvalue weighted by Gasteiger charge is 2.16. The maximum absolute atomic E-state index is 12.5. The minimum absolute atomic E-state index is 0.0727. The number of nitrogens with zero attached hydrogens (tertiary/aromatic N) is 1. The van der Waals surface area contributed by atoms with Gasteiger partial charge in [-0.2, -0.15) is 0 Å². The first kappa shape index (κ1) is 19.8. The summed E-state index contributed by atoms with van der Waals surface area (Å²) in [5.74, 6) is 0.0102. The zero-order valence-electron chi connectivity index (χ0n) is 16.2. The molecule has 0 saturated carbocycles. The van der Waals surface area contributed by atoms with Gasteiger partial charge in [-0.05, 0) is 29.8 Å². The van der Waals surface area contributed by atoms with Crippen molar-refractivity contribution in [2.75, 3.05) is 11.1 Å². The number of hydrogen-bond donors (Lipinski definition) is 2. The molecule has 0 aliphatic rings. The Balaban J connectivity index is 1.45. The molecule has 0 atom stereocenters. The van der Waals surface area contributed by atoms with Crippen LogP contribution in [-0.2, 0) is 20.4 Å². The summed E-state index contributed by atoms with van der Waals surface area (Å²) in [6.07, 6.45) is -0.108. The summed E-state index contributed by atoms with van der Waals surface area (Å²) in [6, 6.07) is 24.0. The Hall–Kier alpha value is -3.45. The first-order valence-electron chi connectivity index (χ1n) is 9.58. The van der Waals surface area contributed by atoms with E-state index >= 15 is 0 Å². The van der Waals surface area contributed by atoms with E-state index in [1.165, 1.54) is 0 Å². The fourth-order valence-corrected chi connectivity index (χ4v) is 4.58. The van der Waals surface area contributed by atoms with Crippen molar-refractivity contribution < 1.29 is 13.2 Å². The Labute approximate surface area is 174 Å². The van der Waals surface area contributed by atoms with Gasteiger partial charge in [-0.1, -0.05) is 54.6 Å². The van der Waals surface area contributed by atoms with Gasteiger partial charge < -0.3 is 10.3 Å². The lowest BCUT2D eigenvalue weighted by Gasteiger charge is -2.10. The van der Waals surface area contributed by atoms with Crippen molar-refractivity contribution in [2.24, 2.45) is 0 Å². The molecule has 0 saturated heterocycles. The van der Waals surface area contributed by atoms with E-state index in [9.17, 15) is 13.2 Å². The fraction of sp³-hybridized carbons (Fsp3) is 0.130. The first-order valence-corrected chi connectivity index (χ1v) is 11.4. The number of aromatic nitrogens is 2. The van der Waals surface area contributed by atoms with Crippen LogP contribution in [0.25, 0.3) is 22.4 Å². The molecular formula is C23H21N3O3S. The molecule has 4 rings (SSSR count). The largest absolute Gasteiger partial charge is 0.338 e. The zero-order chi connectivity index (χ0) is 21.0. The maximum Gasteiger partial charge on any atom is 0.225 e. The van der Waals surface area contributed by atoms with Crippen molar-refractivity contribution in [2.45, 2.75) is 12.2 Å². The quantitative estimate of drug-likeness (QED) is 0.470. The highest BCUT2D eigenvalue weighted by atomic mass is 32.2. The highest BCUT2D eigenvalue weighted by Crippen LogP contribution is 2.27. The Kier molecular flexibility index (Phi) is 5.63. The van der Waals surface area contributed by atoms with Gasteiger partial charge >= 0.3 is 0 Å². The number of amides is 1. The summed E-state index contributed by atoms with van der Waals surface area (Å²) in [5.41, 5.74) is 3.78. The highest BCUT2D eigenvalue weighted by molar-refractivity contribution is 7.90. The van der Waals surface area contributed by atoms with Crippen molar-refractivity contribution in [3.63, 3.8) is 0 Å². The Bertz CT molecular complexity index is 1250. The predicted octanol–water partition coefficient (Wildman–Crippen LogP) is 4.17. The molecule has 0 fully saturated rings. The van der Waals surface area contributed by atoms with Crippen LogP contribution in [0.15, 0.2) is 78.9 Å². The van der Waals surface area contributed by atoms with E-state index in [0.717, 1.165) is 16.6 Å². The second-order valence-electron chi connectivity index (χ2n) is 7.02. The second kappa shape index (κ2) is 8.51. The first-order chi connectivity index (χ1) is 14.5. The van der Waals surface area contributed by atoms with Gasteiger partial charge in [-0.15, -0.1) is 0 Å². The maximum atomic E-state index is 12.5. The van der Waals surface area contributed by atoms with Gasteiger partial charge in [0, 0.05) is 12.0 Å². The number of benzene rings is 3. The number of hydrogen-bond acceptors (Lipinski definition) is 4. The number of fused-ring (bicyclic) bond motifs is 1. The molecular weight excluding hydrogens is 398 g/mol. The van der Waals surface area contributed by atoms with Crippen LogP contribution in [0.3, 0.4) is 0 Å². The van der Waals surface area contributed by atoms with Crippen LogP contribution >= 0.6 is 0 Å². The van der Waals surface area contributed by atoms with Gasteiger partial charge in [-0.25, -0.2) is 13.4 Å². The van der Waals surface area contributed by atoms with Crippen molar-refractivity contribution in [1.29, 1.82) is 0 Å². The third-order valence-corrected chi connectivity index (χ3v) is 6.31. The number of carbonyl (C=O) groups is 1. The van der Waals surface area contributed by atoms with Gasteiger partial charge in [0.1, 0.15) is 5.82 Å². The molecule has 4 aromatic rings. The average Bonchev–Trinajstić information content (AvgIpc) is 3.17. The van der Waals surface area contributed by atoms with Gasteiger partial charge in [0.25, 0.3) is 0 Å². The molecule has 0 bridgehead atoms. The fourth-order valence-electron chi connectivity index (χ4n) is 3.24. The SMILES string of the molecule is O=C(CCS(=O)(=O)Cc1ccccc1)Nc1ccccc1-c1nc2ccccc2[nH]1. The van der Waals surface area contributed by atoms with Crippen LogP contribution < -0.4 is 5.32 Å². The van der Waals surface area contributed by atoms with E-state index in [1.54, 1.807) is 30.3 Å². The van der Waals surface area contributed by atoms with Crippen molar-refractivity contribution in [3.05, 3.63) is 84.4 Å². The number of H-pyrrole nitrogens is 1. The van der Waals surface area contributed by atoms with E-state index in [4.69, 9.17) is 0 Å². The molecule has 0 unspecified atom stereocenters. The molecule has 2 N–H and O–H groups in total. The van der Waals surface area contributed by atoms with Gasteiger partial charge in [0.15, 0.2) is 9.84 Å². The van der Waals surface area contributed by atoms with Gasteiger partial charge in [0.05, 0.1) is 28.2 Å². The number of para-hydroxylation sites is 3. The summed E-state index contributed by atoms with van der Waals surface area (Å²) in [7, 11) is -3.38. The lowest BCUT2D eigenvalue weighted by molar-refractivity contribution is -0.115. The molecule has 0 spiro atoms. The van der Waals surface area contributed by atoms with E-state index in [-0.39, 0.29) is 23.8 Å². The number of aromatic amines is 1. The van der Waals surface area contributed by atoms with E-state index in [1.807, 2.05) is 48.5 Å². The van der Waals surface area contributed by atoms with Gasteiger partial charge in [0.2, 0.25) is 5.91 Å². The van der Waals surface area contributed by atoms with Crippen LogP contribution in [0.4, 0.5) is 5.69 Å². The zero-order valence-corrected chi connectivity index (χ0v) is 17.0. The van der Waals surface area contributed by atoms with Crippen LogP contribution in [0, 0.1) is 0 Å². The minimum atomic E-state index is -3.38. The number of sulfone groups is 1. The number of imidazole rings is 1. The molecule has 1 amide bonds. The van der Waals surface area contributed by atoms with E-state index in [0.29, 0.717) is 17.1 Å². The minimum Gasteiger partial charge on any atom is -0.338 e. The summed E-state index contributed by atoms with van der Waals surface area (Å²) < 4.78 is 24.7. The van der Waals surface area contributed by atoms with Crippen LogP contribution in [-0.4, -0.2) is 30.0 Å². The van der Waals surface area contributed by atoms with E-state index in [2.05, 4.69) is 15.3 Å². The molecule has 1 heterocycles. The Morgan fingerprint density at radius 3 is 2.40 bits per heavy atom. The van der Waals surface area contributed by atoms with E-state index < -0.39 is 9.84 Å². The average molecular weight is 420 g/mol. The monoisotopic (exact) mass is 419 g/mol. The summed E-state index contributed by atoms with van der Waals surface area (Å²) in [5, 5.41) is 2.83. The Morgan fingerprint density at radius 1 is 0.900 bits per heavy atom. The number of carbonyl (C=O) groups excluding carboxylic acids is 1. The van der Waals surface area contributed by atoms with Crippen molar-refractivity contribution >= 4 is 32.5 Å². The third kappa shape index (κ3) is 4.75. The van der Waals surface area contributed by atoms with Crippen LogP contribution in [0.1, 0.15) is 12.0 Å². The number of nitrogens with one attached hydrogen (secondary N) is 2. The molecule has 1 aromatic heterocycles. The molecule has 3 aromatic carbocycles. The predicted molar refractivity (Wildman–Crippen MR) is 119 cm³/mol. The normalized spacial score (nSPS) is 11.5. The molecule has 30 heavy (non-hydrogen) atoms. The Morgan fingerprint density at radius 2 is 1.60 bits per heavy atom. The summed E-state index contributed by atoms with van der Waals surface area (Å²) in [6.45, 7) is 0. The van der Waals surface area contributed by atoms with Gasteiger partial charge in [-0.3, -0.25) is 4.79 Å². The summed E-state index contributed by atoms with van der Waals surface area (Å²) >= 11 is 0. The standard InChI is InChI=1S/C23H21N3O3S/c27-22(14-15-30(28,29)16-17-8-2-1-3-9-17)24-19-11-5-4-10-18(19)23-25-20-12-6-7-13-21(20)26-23/h1-13H,14-16H2,(H,24,27)(H,25,26). The van der Waals surface area contributed by atoms with Crippen molar-refractivity contribution in [1.82, 2.24) is 9.97 Å². The second-order valence-corrected chi connectivity index (χ2v) is 9.21. The number of anilines is 1. The lowest BCUT2D eigenvalue weighted by atomic mass is 10.1. The lowest BCUT2D eigenvalue weighted by Crippen LogP contribution is -2.18. The summed E-state index contributed by atoms with van der Waals surface area (Å²) in [4.78, 5) is 20.3. The smallest absolute Gasteiger partial charge is 0.225 e. The molecule has 0 aliphatic carbocycles. The molecule has 0 radical (unpaired) electrons. The topological polar surface area (TPSA) is 91.9 Å². The molecule has 152 valence electrons. The van der Waals surface area contributed by atoms with Crippen LogP contribution in [0.2, 0.25) is 0 Å². The third-order valence-electron chi connectivity index (χ3n) is 4.72.